The van der Waals surface area contributed by atoms with E-state index in [0.29, 0.717) is 18.9 Å². The van der Waals surface area contributed by atoms with Crippen molar-refractivity contribution in [2.45, 2.75) is 24.2 Å². The van der Waals surface area contributed by atoms with Crippen LogP contribution in [0.4, 0.5) is 0 Å². The molecule has 0 aliphatic carbocycles. The average molecular weight is 334 g/mol. The minimum absolute atomic E-state index is 0.101. The van der Waals surface area contributed by atoms with Gasteiger partial charge in [-0.15, -0.1) is 11.8 Å². The summed E-state index contributed by atoms with van der Waals surface area (Å²) in [5.41, 5.74) is 1.25. The first kappa shape index (κ1) is 16.9. The fourth-order valence-corrected chi connectivity index (χ4v) is 3.02. The van der Waals surface area contributed by atoms with Crippen molar-refractivity contribution in [1.29, 1.82) is 0 Å². The number of nitrogens with one attached hydrogen (secondary N) is 1. The van der Waals surface area contributed by atoms with Gasteiger partial charge in [0.2, 0.25) is 5.91 Å². The smallest absolute Gasteiger partial charge is 0.220 e. The standard InChI is InChI=1S/C18H20ClNOS/c1-14(15-5-3-2-4-6-15)13-20-18(21)11-12-22-17-9-7-16(19)8-10-17/h2-10,14H,11-13H2,1H3,(H,20,21)/t14-/m1/s1. The summed E-state index contributed by atoms with van der Waals surface area (Å²) < 4.78 is 0. The molecule has 0 bridgehead atoms. The zero-order valence-corrected chi connectivity index (χ0v) is 14.2. The van der Waals surface area contributed by atoms with E-state index >= 15 is 0 Å². The third-order valence-electron chi connectivity index (χ3n) is 3.39. The van der Waals surface area contributed by atoms with Gasteiger partial charge in [-0.25, -0.2) is 0 Å². The van der Waals surface area contributed by atoms with E-state index in [1.165, 1.54) is 5.56 Å². The maximum atomic E-state index is 11.9. The van der Waals surface area contributed by atoms with Crippen molar-refractivity contribution in [2.24, 2.45) is 0 Å². The topological polar surface area (TPSA) is 29.1 Å². The number of rotatable bonds is 7. The molecule has 2 aromatic rings. The van der Waals surface area contributed by atoms with Crippen LogP contribution in [0, 0.1) is 0 Å². The third-order valence-corrected chi connectivity index (χ3v) is 4.65. The van der Waals surface area contributed by atoms with Crippen LogP contribution in [-0.2, 0) is 4.79 Å². The van der Waals surface area contributed by atoms with Gasteiger partial charge in [-0.3, -0.25) is 4.79 Å². The van der Waals surface area contributed by atoms with Crippen molar-refractivity contribution in [2.75, 3.05) is 12.3 Å². The van der Waals surface area contributed by atoms with E-state index in [0.717, 1.165) is 15.7 Å². The lowest BCUT2D eigenvalue weighted by Gasteiger charge is -2.13. The Morgan fingerprint density at radius 2 is 1.82 bits per heavy atom. The summed E-state index contributed by atoms with van der Waals surface area (Å²) >= 11 is 7.51. The molecule has 0 unspecified atom stereocenters. The van der Waals surface area contributed by atoms with E-state index in [4.69, 9.17) is 11.6 Å². The highest BCUT2D eigenvalue weighted by Crippen LogP contribution is 2.21. The molecule has 2 nitrogen and oxygen atoms in total. The van der Waals surface area contributed by atoms with Gasteiger partial charge in [0, 0.05) is 28.6 Å². The predicted molar refractivity (Wildman–Crippen MR) is 94.7 cm³/mol. The fourth-order valence-electron chi connectivity index (χ4n) is 2.05. The summed E-state index contributed by atoms with van der Waals surface area (Å²) in [6.07, 6.45) is 0.523. The van der Waals surface area contributed by atoms with Crippen LogP contribution in [0.3, 0.4) is 0 Å². The van der Waals surface area contributed by atoms with Crippen LogP contribution in [0.5, 0.6) is 0 Å². The first-order chi connectivity index (χ1) is 10.6. The van der Waals surface area contributed by atoms with E-state index in [1.807, 2.05) is 42.5 Å². The van der Waals surface area contributed by atoms with Gasteiger partial charge in [-0.1, -0.05) is 48.9 Å². The van der Waals surface area contributed by atoms with Crippen molar-refractivity contribution >= 4 is 29.3 Å². The molecule has 2 aromatic carbocycles. The fraction of sp³-hybridized carbons (Fsp3) is 0.278. The molecule has 0 aromatic heterocycles. The number of carbonyl (C=O) groups excluding carboxylic acids is 1. The van der Waals surface area contributed by atoms with Crippen LogP contribution in [0.25, 0.3) is 0 Å². The van der Waals surface area contributed by atoms with E-state index in [2.05, 4.69) is 24.4 Å². The molecule has 1 atom stereocenters. The lowest BCUT2D eigenvalue weighted by atomic mass is 10.0. The Morgan fingerprint density at radius 1 is 1.14 bits per heavy atom. The second-order valence-corrected chi connectivity index (χ2v) is 6.77. The second-order valence-electron chi connectivity index (χ2n) is 5.17. The van der Waals surface area contributed by atoms with Gasteiger partial charge in [-0.05, 0) is 35.7 Å². The summed E-state index contributed by atoms with van der Waals surface area (Å²) in [4.78, 5) is 13.0. The van der Waals surface area contributed by atoms with Crippen molar-refractivity contribution in [3.8, 4) is 0 Å². The van der Waals surface area contributed by atoms with E-state index in [-0.39, 0.29) is 5.91 Å². The zero-order chi connectivity index (χ0) is 15.8. The molecule has 0 radical (unpaired) electrons. The number of hydrogen-bond acceptors (Lipinski definition) is 2. The summed E-state index contributed by atoms with van der Waals surface area (Å²) in [6.45, 7) is 2.80. The number of hydrogen-bond donors (Lipinski definition) is 1. The summed E-state index contributed by atoms with van der Waals surface area (Å²) in [5, 5.41) is 3.74. The molecule has 1 amide bonds. The molecule has 0 spiro atoms. The monoisotopic (exact) mass is 333 g/mol. The SMILES string of the molecule is C[C@H](CNC(=O)CCSc1ccc(Cl)cc1)c1ccccc1. The first-order valence-electron chi connectivity index (χ1n) is 7.35. The normalized spacial score (nSPS) is 11.9. The quantitative estimate of drug-likeness (QED) is 0.741. The molecule has 0 heterocycles. The van der Waals surface area contributed by atoms with Gasteiger partial charge in [0.15, 0.2) is 0 Å². The Hall–Kier alpha value is -1.45. The number of carbonyl (C=O) groups is 1. The van der Waals surface area contributed by atoms with Crippen LogP contribution < -0.4 is 5.32 Å². The Bertz CT molecular complexity index is 586. The van der Waals surface area contributed by atoms with Crippen LogP contribution in [-0.4, -0.2) is 18.2 Å². The Morgan fingerprint density at radius 3 is 2.50 bits per heavy atom. The molecule has 2 rings (SSSR count). The Balaban J connectivity index is 1.66. The van der Waals surface area contributed by atoms with Gasteiger partial charge < -0.3 is 5.32 Å². The number of amides is 1. The molecule has 116 valence electrons. The average Bonchev–Trinajstić information content (AvgIpc) is 2.55. The van der Waals surface area contributed by atoms with Crippen molar-refractivity contribution in [3.63, 3.8) is 0 Å². The van der Waals surface area contributed by atoms with E-state index in [1.54, 1.807) is 11.8 Å². The van der Waals surface area contributed by atoms with Crippen LogP contribution in [0.1, 0.15) is 24.8 Å². The number of thioether (sulfide) groups is 1. The Kier molecular flexibility index (Phi) is 6.81. The van der Waals surface area contributed by atoms with Gasteiger partial charge >= 0.3 is 0 Å². The highest BCUT2D eigenvalue weighted by molar-refractivity contribution is 7.99. The minimum Gasteiger partial charge on any atom is -0.355 e. The van der Waals surface area contributed by atoms with Crippen molar-refractivity contribution in [1.82, 2.24) is 5.32 Å². The maximum absolute atomic E-state index is 11.9. The van der Waals surface area contributed by atoms with Gasteiger partial charge in [0.1, 0.15) is 0 Å². The molecule has 22 heavy (non-hydrogen) atoms. The predicted octanol–water partition coefficient (Wildman–Crippen LogP) is 4.74. The molecular formula is C18H20ClNOS. The summed E-state index contributed by atoms with van der Waals surface area (Å²) in [6, 6.07) is 17.9. The van der Waals surface area contributed by atoms with E-state index in [9.17, 15) is 4.79 Å². The lowest BCUT2D eigenvalue weighted by Crippen LogP contribution is -2.27. The van der Waals surface area contributed by atoms with E-state index < -0.39 is 0 Å². The molecule has 0 saturated heterocycles. The first-order valence-corrected chi connectivity index (χ1v) is 8.71. The molecule has 1 N–H and O–H groups in total. The van der Waals surface area contributed by atoms with Gasteiger partial charge in [-0.2, -0.15) is 0 Å². The van der Waals surface area contributed by atoms with Gasteiger partial charge in [0.05, 0.1) is 0 Å². The third kappa shape index (κ3) is 5.74. The highest BCUT2D eigenvalue weighted by atomic mass is 35.5. The van der Waals surface area contributed by atoms with Crippen molar-refractivity contribution < 1.29 is 4.79 Å². The molecule has 0 aliphatic rings. The van der Waals surface area contributed by atoms with Crippen LogP contribution in [0.2, 0.25) is 5.02 Å². The molecular weight excluding hydrogens is 314 g/mol. The molecule has 0 aliphatic heterocycles. The number of benzene rings is 2. The van der Waals surface area contributed by atoms with Crippen molar-refractivity contribution in [3.05, 3.63) is 65.2 Å². The van der Waals surface area contributed by atoms with Crippen LogP contribution in [0.15, 0.2) is 59.5 Å². The zero-order valence-electron chi connectivity index (χ0n) is 12.6. The molecule has 4 heteroatoms. The van der Waals surface area contributed by atoms with Crippen LogP contribution >= 0.6 is 23.4 Å². The largest absolute Gasteiger partial charge is 0.355 e. The lowest BCUT2D eigenvalue weighted by molar-refractivity contribution is -0.120. The minimum atomic E-state index is 0.101. The maximum Gasteiger partial charge on any atom is 0.220 e. The Labute approximate surface area is 141 Å². The summed E-state index contributed by atoms with van der Waals surface area (Å²) in [7, 11) is 0. The summed E-state index contributed by atoms with van der Waals surface area (Å²) in [5.74, 6) is 1.20. The highest BCUT2D eigenvalue weighted by Gasteiger charge is 2.07. The second kappa shape index (κ2) is 8.86. The molecule has 0 saturated carbocycles. The number of halogens is 1. The van der Waals surface area contributed by atoms with Gasteiger partial charge in [0.25, 0.3) is 0 Å². The molecule has 0 fully saturated rings.